The van der Waals surface area contributed by atoms with Crippen LogP contribution < -0.4 is 9.47 Å². The van der Waals surface area contributed by atoms with Gasteiger partial charge in [0.1, 0.15) is 18.9 Å². The fraction of sp³-hybridized carbons (Fsp3) is 0.474. The molecule has 0 bridgehead atoms. The highest BCUT2D eigenvalue weighted by Crippen LogP contribution is 2.40. The van der Waals surface area contributed by atoms with Crippen LogP contribution in [0.1, 0.15) is 59.4 Å². The van der Waals surface area contributed by atoms with Crippen molar-refractivity contribution in [3.8, 4) is 11.5 Å². The summed E-state index contributed by atoms with van der Waals surface area (Å²) in [5.41, 5.74) is 2.73. The van der Waals surface area contributed by atoms with Gasteiger partial charge in [0.15, 0.2) is 11.5 Å². The van der Waals surface area contributed by atoms with Crippen LogP contribution in [0.2, 0.25) is 0 Å². The summed E-state index contributed by atoms with van der Waals surface area (Å²) in [7, 11) is 0. The minimum absolute atomic E-state index is 0.0144. The second kappa shape index (κ2) is 5.79. The van der Waals surface area contributed by atoms with Gasteiger partial charge in [-0.05, 0) is 49.4 Å². The van der Waals surface area contributed by atoms with Gasteiger partial charge in [0.2, 0.25) is 0 Å². The number of nitrogens with zero attached hydrogens (tertiary/aromatic N) is 2. The van der Waals surface area contributed by atoms with Crippen molar-refractivity contribution < 1.29 is 14.3 Å². The molecule has 1 saturated carbocycles. The van der Waals surface area contributed by atoms with Gasteiger partial charge in [-0.25, -0.2) is 0 Å². The van der Waals surface area contributed by atoms with Crippen LogP contribution in [0, 0.1) is 0 Å². The number of carbonyl (C=O) groups is 1. The molecule has 1 aromatic heterocycles. The van der Waals surface area contributed by atoms with Crippen LogP contribution in [0.4, 0.5) is 0 Å². The molecule has 6 nitrogen and oxygen atoms in total. The lowest BCUT2D eigenvalue weighted by Gasteiger charge is -2.26. The number of hydrogen-bond acceptors (Lipinski definition) is 4. The highest BCUT2D eigenvalue weighted by Gasteiger charge is 2.33. The van der Waals surface area contributed by atoms with Crippen molar-refractivity contribution in [2.45, 2.75) is 37.6 Å². The zero-order chi connectivity index (χ0) is 16.8. The standard InChI is InChI=1S/C19H21N3O3/c23-19(15-11-14(20-21-15)12-3-4-12)22-7-1-2-16(22)13-5-6-17-18(10-13)25-9-8-24-17/h5-6,10-12,16H,1-4,7-9H2,(H,20,21)/t16-/m0/s1. The van der Waals surface area contributed by atoms with E-state index < -0.39 is 0 Å². The SMILES string of the molecule is O=C(c1cc(C2CC2)[nH]n1)N1CCC[C@H]1c1ccc2c(c1)OCCO2. The molecule has 3 aliphatic rings. The number of aromatic nitrogens is 2. The zero-order valence-electron chi connectivity index (χ0n) is 14.0. The Morgan fingerprint density at radius 2 is 1.96 bits per heavy atom. The van der Waals surface area contributed by atoms with Crippen molar-refractivity contribution >= 4 is 5.91 Å². The maximum atomic E-state index is 13.0. The number of carbonyl (C=O) groups excluding carboxylic acids is 1. The lowest BCUT2D eigenvalue weighted by Crippen LogP contribution is -2.31. The Balaban J connectivity index is 1.40. The molecule has 1 aromatic carbocycles. The van der Waals surface area contributed by atoms with E-state index in [0.717, 1.165) is 42.1 Å². The van der Waals surface area contributed by atoms with Gasteiger partial charge in [0, 0.05) is 18.2 Å². The zero-order valence-corrected chi connectivity index (χ0v) is 14.0. The quantitative estimate of drug-likeness (QED) is 0.933. The van der Waals surface area contributed by atoms with Gasteiger partial charge in [0.25, 0.3) is 5.91 Å². The van der Waals surface area contributed by atoms with Gasteiger partial charge in [-0.1, -0.05) is 6.07 Å². The second-order valence-electron chi connectivity index (χ2n) is 7.04. The van der Waals surface area contributed by atoms with Crippen LogP contribution in [0.25, 0.3) is 0 Å². The van der Waals surface area contributed by atoms with Gasteiger partial charge in [-0.3, -0.25) is 9.89 Å². The van der Waals surface area contributed by atoms with Gasteiger partial charge in [-0.15, -0.1) is 0 Å². The van der Waals surface area contributed by atoms with E-state index in [0.29, 0.717) is 24.8 Å². The average Bonchev–Trinajstić information content (AvgIpc) is 3.19. The summed E-state index contributed by atoms with van der Waals surface area (Å²) in [6.45, 7) is 1.92. The van der Waals surface area contributed by atoms with E-state index in [1.54, 1.807) is 0 Å². The van der Waals surface area contributed by atoms with Gasteiger partial charge < -0.3 is 14.4 Å². The molecule has 6 heteroatoms. The van der Waals surface area contributed by atoms with Crippen molar-refractivity contribution in [1.29, 1.82) is 0 Å². The molecular weight excluding hydrogens is 318 g/mol. The van der Waals surface area contributed by atoms with E-state index in [9.17, 15) is 4.79 Å². The Morgan fingerprint density at radius 1 is 1.12 bits per heavy atom. The number of H-pyrrole nitrogens is 1. The van der Waals surface area contributed by atoms with Crippen molar-refractivity contribution in [3.05, 3.63) is 41.2 Å². The normalized spacial score (nSPS) is 22.2. The fourth-order valence-corrected chi connectivity index (χ4v) is 3.82. The molecule has 1 atom stereocenters. The van der Waals surface area contributed by atoms with Crippen molar-refractivity contribution in [1.82, 2.24) is 15.1 Å². The van der Waals surface area contributed by atoms with Crippen LogP contribution in [-0.2, 0) is 0 Å². The Labute approximate surface area is 146 Å². The van der Waals surface area contributed by atoms with Crippen LogP contribution in [0.3, 0.4) is 0 Å². The molecule has 2 aliphatic heterocycles. The largest absolute Gasteiger partial charge is 0.486 e. The molecule has 5 rings (SSSR count). The summed E-state index contributed by atoms with van der Waals surface area (Å²) in [4.78, 5) is 14.9. The van der Waals surface area contributed by atoms with Crippen LogP contribution in [-0.4, -0.2) is 40.8 Å². The smallest absolute Gasteiger partial charge is 0.274 e. The number of rotatable bonds is 3. The first-order chi connectivity index (χ1) is 12.3. The summed E-state index contributed by atoms with van der Waals surface area (Å²) in [6, 6.07) is 8.02. The summed E-state index contributed by atoms with van der Waals surface area (Å²) < 4.78 is 11.3. The highest BCUT2D eigenvalue weighted by atomic mass is 16.6. The minimum Gasteiger partial charge on any atom is -0.486 e. The van der Waals surface area contributed by atoms with E-state index in [1.165, 1.54) is 12.8 Å². The molecule has 1 aliphatic carbocycles. The van der Waals surface area contributed by atoms with E-state index in [4.69, 9.17) is 9.47 Å². The number of benzene rings is 1. The third kappa shape index (κ3) is 2.65. The molecule has 0 spiro atoms. The molecule has 0 unspecified atom stereocenters. The first-order valence-corrected chi connectivity index (χ1v) is 9.05. The molecule has 1 amide bonds. The Morgan fingerprint density at radius 3 is 2.80 bits per heavy atom. The third-order valence-corrected chi connectivity index (χ3v) is 5.30. The fourth-order valence-electron chi connectivity index (χ4n) is 3.82. The number of ether oxygens (including phenoxy) is 2. The molecule has 1 N–H and O–H groups in total. The van der Waals surface area contributed by atoms with Crippen molar-refractivity contribution in [3.63, 3.8) is 0 Å². The molecule has 25 heavy (non-hydrogen) atoms. The number of likely N-dealkylation sites (tertiary alicyclic amines) is 1. The molecule has 2 aromatic rings. The number of fused-ring (bicyclic) bond motifs is 1. The van der Waals surface area contributed by atoms with Crippen molar-refractivity contribution in [2.24, 2.45) is 0 Å². The van der Waals surface area contributed by atoms with Gasteiger partial charge in [0.05, 0.1) is 6.04 Å². The van der Waals surface area contributed by atoms with Crippen LogP contribution >= 0.6 is 0 Å². The molecule has 3 heterocycles. The predicted molar refractivity (Wildman–Crippen MR) is 91.0 cm³/mol. The molecule has 2 fully saturated rings. The lowest BCUT2D eigenvalue weighted by atomic mass is 10.0. The number of aromatic amines is 1. The van der Waals surface area contributed by atoms with Crippen LogP contribution in [0.15, 0.2) is 24.3 Å². The van der Waals surface area contributed by atoms with E-state index >= 15 is 0 Å². The van der Waals surface area contributed by atoms with Crippen molar-refractivity contribution in [2.75, 3.05) is 19.8 Å². The summed E-state index contributed by atoms with van der Waals surface area (Å²) in [5.74, 6) is 2.15. The predicted octanol–water partition coefficient (Wildman–Crippen LogP) is 3.04. The molecule has 1 saturated heterocycles. The Bertz CT molecular complexity index is 812. The van der Waals surface area contributed by atoms with Gasteiger partial charge in [-0.2, -0.15) is 5.10 Å². The topological polar surface area (TPSA) is 67.5 Å². The maximum Gasteiger partial charge on any atom is 0.274 e. The van der Waals surface area contributed by atoms with Crippen LogP contribution in [0.5, 0.6) is 11.5 Å². The molecule has 130 valence electrons. The Hall–Kier alpha value is -2.50. The summed E-state index contributed by atoms with van der Waals surface area (Å²) in [5, 5.41) is 7.29. The average molecular weight is 339 g/mol. The third-order valence-electron chi connectivity index (χ3n) is 5.30. The minimum atomic E-state index is 0.0144. The van der Waals surface area contributed by atoms with E-state index in [-0.39, 0.29) is 11.9 Å². The van der Waals surface area contributed by atoms with E-state index in [1.807, 2.05) is 29.2 Å². The molecule has 0 radical (unpaired) electrons. The summed E-state index contributed by atoms with van der Waals surface area (Å²) >= 11 is 0. The Kier molecular flexibility index (Phi) is 3.43. The second-order valence-corrected chi connectivity index (χ2v) is 7.04. The lowest BCUT2D eigenvalue weighted by molar-refractivity contribution is 0.0729. The molecular formula is C19H21N3O3. The number of nitrogens with one attached hydrogen (secondary N) is 1. The first-order valence-electron chi connectivity index (χ1n) is 9.05. The number of hydrogen-bond donors (Lipinski definition) is 1. The van der Waals surface area contributed by atoms with E-state index in [2.05, 4.69) is 10.2 Å². The highest BCUT2D eigenvalue weighted by molar-refractivity contribution is 5.93. The summed E-state index contributed by atoms with van der Waals surface area (Å²) in [6.07, 6.45) is 4.36. The first kappa shape index (κ1) is 14.8. The monoisotopic (exact) mass is 339 g/mol. The number of amides is 1. The maximum absolute atomic E-state index is 13.0. The van der Waals surface area contributed by atoms with Gasteiger partial charge >= 0.3 is 0 Å².